The van der Waals surface area contributed by atoms with Crippen LogP contribution in [0.25, 0.3) is 11.4 Å². The van der Waals surface area contributed by atoms with E-state index >= 15 is 0 Å². The first-order chi connectivity index (χ1) is 11.7. The number of aromatic nitrogens is 3. The van der Waals surface area contributed by atoms with Crippen LogP contribution in [0.2, 0.25) is 0 Å². The number of aromatic amines is 1. The van der Waals surface area contributed by atoms with Gasteiger partial charge in [-0.2, -0.15) is 5.10 Å². The second-order valence-electron chi connectivity index (χ2n) is 5.80. The third kappa shape index (κ3) is 3.67. The van der Waals surface area contributed by atoms with E-state index in [1.165, 1.54) is 0 Å². The maximum atomic E-state index is 12.2. The van der Waals surface area contributed by atoms with E-state index < -0.39 is 0 Å². The molecule has 1 aliphatic rings. The number of nitrogens with one attached hydrogen (secondary N) is 1. The second-order valence-corrected chi connectivity index (χ2v) is 6.19. The van der Waals surface area contributed by atoms with E-state index in [4.69, 9.17) is 17.0 Å². The molecule has 128 valence electrons. The molecular weight excluding hydrogens is 324 g/mol. The number of H-pyrrole nitrogens is 1. The number of nitrogens with zero attached hydrogens (tertiary/aromatic N) is 3. The molecule has 0 aliphatic carbocycles. The number of benzene rings is 1. The lowest BCUT2D eigenvalue weighted by Crippen LogP contribution is -2.28. The monoisotopic (exact) mass is 346 g/mol. The molecule has 0 spiro atoms. The smallest absolute Gasteiger partial charge is 0.224 e. The average molecular weight is 346 g/mol. The van der Waals surface area contributed by atoms with Crippen molar-refractivity contribution in [2.45, 2.75) is 32.7 Å². The van der Waals surface area contributed by atoms with Crippen molar-refractivity contribution in [2.24, 2.45) is 0 Å². The van der Waals surface area contributed by atoms with Crippen molar-refractivity contribution in [3.8, 4) is 17.1 Å². The van der Waals surface area contributed by atoms with Gasteiger partial charge in [0, 0.05) is 31.6 Å². The summed E-state index contributed by atoms with van der Waals surface area (Å²) in [6, 6.07) is 7.73. The fraction of sp³-hybridized carbons (Fsp3) is 0.471. The van der Waals surface area contributed by atoms with Gasteiger partial charge in [-0.3, -0.25) is 14.5 Å². The summed E-state index contributed by atoms with van der Waals surface area (Å²) >= 11 is 5.32. The highest BCUT2D eigenvalue weighted by Crippen LogP contribution is 2.21. The van der Waals surface area contributed by atoms with Crippen molar-refractivity contribution in [1.82, 2.24) is 19.7 Å². The van der Waals surface area contributed by atoms with E-state index in [0.717, 1.165) is 43.1 Å². The number of rotatable bonds is 6. The molecule has 1 amide bonds. The van der Waals surface area contributed by atoms with Crippen LogP contribution in [0.15, 0.2) is 24.3 Å². The third-order valence-electron chi connectivity index (χ3n) is 4.19. The predicted molar refractivity (Wildman–Crippen MR) is 94.4 cm³/mol. The van der Waals surface area contributed by atoms with Gasteiger partial charge in [-0.15, -0.1) is 0 Å². The van der Waals surface area contributed by atoms with Gasteiger partial charge < -0.3 is 9.64 Å². The van der Waals surface area contributed by atoms with Crippen molar-refractivity contribution >= 4 is 18.1 Å². The molecule has 1 aromatic carbocycles. The van der Waals surface area contributed by atoms with Gasteiger partial charge in [-0.1, -0.05) is 0 Å². The fourth-order valence-electron chi connectivity index (χ4n) is 2.94. The molecule has 0 radical (unpaired) electrons. The van der Waals surface area contributed by atoms with Gasteiger partial charge in [0.15, 0.2) is 10.6 Å². The summed E-state index contributed by atoms with van der Waals surface area (Å²) in [5.74, 6) is 1.76. The van der Waals surface area contributed by atoms with Crippen molar-refractivity contribution in [1.29, 1.82) is 0 Å². The minimum Gasteiger partial charge on any atom is -0.494 e. The number of carbonyl (C=O) groups is 1. The van der Waals surface area contributed by atoms with E-state index in [2.05, 4.69) is 10.2 Å². The lowest BCUT2D eigenvalue weighted by molar-refractivity contribution is -0.130. The standard InChI is InChI=1S/C17H22N4O2S/c1-2-23-14-7-5-13(6-8-14)16-18-19-17(24)21(16)12-9-15(22)20-10-3-4-11-20/h5-8H,2-4,9-12H2,1H3,(H,19,24). The normalized spacial score (nSPS) is 14.1. The minimum absolute atomic E-state index is 0.188. The molecule has 0 unspecified atom stereocenters. The summed E-state index contributed by atoms with van der Waals surface area (Å²) in [6.45, 7) is 4.88. The summed E-state index contributed by atoms with van der Waals surface area (Å²) in [5.41, 5.74) is 0.944. The average Bonchev–Trinajstić information content (AvgIpc) is 3.24. The van der Waals surface area contributed by atoms with Crippen LogP contribution in [0, 0.1) is 4.77 Å². The SMILES string of the molecule is CCOc1ccc(-c2n[nH]c(=S)n2CCC(=O)N2CCCC2)cc1. The molecule has 2 aromatic rings. The molecule has 1 aliphatic heterocycles. The minimum atomic E-state index is 0.188. The summed E-state index contributed by atoms with van der Waals surface area (Å²) < 4.78 is 7.89. The zero-order valence-electron chi connectivity index (χ0n) is 13.8. The summed E-state index contributed by atoms with van der Waals surface area (Å²) in [6.07, 6.45) is 2.65. The zero-order valence-corrected chi connectivity index (χ0v) is 14.6. The van der Waals surface area contributed by atoms with Crippen LogP contribution in [-0.2, 0) is 11.3 Å². The number of amides is 1. The van der Waals surface area contributed by atoms with Gasteiger partial charge in [0.25, 0.3) is 0 Å². The molecular formula is C17H22N4O2S. The van der Waals surface area contributed by atoms with Gasteiger partial charge in [0.2, 0.25) is 5.91 Å². The topological polar surface area (TPSA) is 63.1 Å². The summed E-state index contributed by atoms with van der Waals surface area (Å²) in [4.78, 5) is 14.2. The number of ether oxygens (including phenoxy) is 1. The largest absolute Gasteiger partial charge is 0.494 e. The molecule has 3 rings (SSSR count). The van der Waals surface area contributed by atoms with Gasteiger partial charge >= 0.3 is 0 Å². The van der Waals surface area contributed by atoms with Crippen molar-refractivity contribution in [3.05, 3.63) is 29.0 Å². The van der Waals surface area contributed by atoms with Gasteiger partial charge in [-0.25, -0.2) is 0 Å². The van der Waals surface area contributed by atoms with E-state index in [-0.39, 0.29) is 5.91 Å². The maximum absolute atomic E-state index is 12.2. The lowest BCUT2D eigenvalue weighted by Gasteiger charge is -2.15. The molecule has 0 atom stereocenters. The molecule has 0 saturated carbocycles. The Balaban J connectivity index is 1.73. The Labute approximate surface area is 146 Å². The maximum Gasteiger partial charge on any atom is 0.224 e. The number of hydrogen-bond acceptors (Lipinski definition) is 4. The van der Waals surface area contributed by atoms with Crippen LogP contribution in [-0.4, -0.2) is 45.3 Å². The van der Waals surface area contributed by atoms with Gasteiger partial charge in [0.1, 0.15) is 5.75 Å². The molecule has 1 fully saturated rings. The molecule has 7 heteroatoms. The first-order valence-corrected chi connectivity index (χ1v) is 8.76. The van der Waals surface area contributed by atoms with Crippen molar-refractivity contribution in [2.75, 3.05) is 19.7 Å². The lowest BCUT2D eigenvalue weighted by atomic mass is 10.2. The van der Waals surface area contributed by atoms with Gasteiger partial charge in [0.05, 0.1) is 6.61 Å². The zero-order chi connectivity index (χ0) is 16.9. The number of hydrogen-bond donors (Lipinski definition) is 1. The van der Waals surface area contributed by atoms with E-state index in [1.54, 1.807) is 0 Å². The van der Waals surface area contributed by atoms with Crippen molar-refractivity contribution < 1.29 is 9.53 Å². The Bertz CT molecular complexity index is 745. The molecule has 24 heavy (non-hydrogen) atoms. The van der Waals surface area contributed by atoms with Crippen LogP contribution < -0.4 is 4.74 Å². The fourth-order valence-corrected chi connectivity index (χ4v) is 3.17. The van der Waals surface area contributed by atoms with Crippen molar-refractivity contribution in [3.63, 3.8) is 0 Å². The Hall–Kier alpha value is -2.15. The Morgan fingerprint density at radius 3 is 2.67 bits per heavy atom. The van der Waals surface area contributed by atoms with Gasteiger partial charge in [-0.05, 0) is 56.2 Å². The number of likely N-dealkylation sites (tertiary alicyclic amines) is 1. The van der Waals surface area contributed by atoms with Crippen LogP contribution in [0.4, 0.5) is 0 Å². The number of carbonyl (C=O) groups excluding carboxylic acids is 1. The molecule has 6 nitrogen and oxygen atoms in total. The molecule has 1 N–H and O–H groups in total. The highest BCUT2D eigenvalue weighted by atomic mass is 32.1. The Morgan fingerprint density at radius 2 is 2.00 bits per heavy atom. The highest BCUT2D eigenvalue weighted by molar-refractivity contribution is 7.71. The molecule has 1 aromatic heterocycles. The molecule has 2 heterocycles. The summed E-state index contributed by atoms with van der Waals surface area (Å²) in [7, 11) is 0. The van der Waals surface area contributed by atoms with Crippen LogP contribution in [0.5, 0.6) is 5.75 Å². The molecule has 0 bridgehead atoms. The first-order valence-electron chi connectivity index (χ1n) is 8.35. The third-order valence-corrected chi connectivity index (χ3v) is 4.50. The molecule has 1 saturated heterocycles. The van der Waals surface area contributed by atoms with E-state index in [0.29, 0.717) is 24.3 Å². The Kier molecular flexibility index (Phi) is 5.30. The first kappa shape index (κ1) is 16.7. The summed E-state index contributed by atoms with van der Waals surface area (Å²) in [5, 5.41) is 7.15. The van der Waals surface area contributed by atoms with Crippen LogP contribution in [0.3, 0.4) is 0 Å². The van der Waals surface area contributed by atoms with Crippen LogP contribution in [0.1, 0.15) is 26.2 Å². The van der Waals surface area contributed by atoms with E-state index in [9.17, 15) is 4.79 Å². The predicted octanol–water partition coefficient (Wildman–Crippen LogP) is 3.02. The quantitative estimate of drug-likeness (QED) is 0.817. The van der Waals surface area contributed by atoms with E-state index in [1.807, 2.05) is 40.7 Å². The Morgan fingerprint density at radius 1 is 1.29 bits per heavy atom. The van der Waals surface area contributed by atoms with Crippen LogP contribution >= 0.6 is 12.2 Å². The second kappa shape index (κ2) is 7.61. The highest BCUT2D eigenvalue weighted by Gasteiger charge is 2.18.